The Balaban J connectivity index is 1.93. The van der Waals surface area contributed by atoms with E-state index < -0.39 is 0 Å². The summed E-state index contributed by atoms with van der Waals surface area (Å²) in [6.07, 6.45) is 2.03. The standard InChI is InChI=1S/C13H24N4/c1-13(2,3)17-8-6-16(7-9-17)12-4-5-15-10-11(12)14/h4,11-12H,6-10,14H2,1-3H3. The van der Waals surface area contributed by atoms with Gasteiger partial charge in [-0.25, -0.2) is 4.99 Å². The molecule has 0 spiro atoms. The maximum atomic E-state index is 6.11. The largest absolute Gasteiger partial charge is 0.324 e. The Kier molecular flexibility index (Phi) is 3.69. The van der Waals surface area contributed by atoms with Crippen molar-refractivity contribution in [3.8, 4) is 0 Å². The van der Waals surface area contributed by atoms with Gasteiger partial charge >= 0.3 is 0 Å². The third-order valence-corrected chi connectivity index (χ3v) is 3.76. The fraction of sp³-hybridized carbons (Fsp3) is 0.846. The van der Waals surface area contributed by atoms with Crippen LogP contribution in [0.3, 0.4) is 0 Å². The van der Waals surface area contributed by atoms with E-state index in [1.165, 1.54) is 0 Å². The first kappa shape index (κ1) is 12.8. The van der Waals surface area contributed by atoms with Gasteiger partial charge in [0, 0.05) is 37.8 Å². The molecule has 2 rings (SSSR count). The second-order valence-electron chi connectivity index (χ2n) is 5.98. The van der Waals surface area contributed by atoms with Gasteiger partial charge in [-0.3, -0.25) is 9.80 Å². The van der Waals surface area contributed by atoms with Gasteiger partial charge in [-0.05, 0) is 32.7 Å². The summed E-state index contributed by atoms with van der Waals surface area (Å²) >= 11 is 0. The van der Waals surface area contributed by atoms with Gasteiger partial charge in [-0.2, -0.15) is 0 Å². The van der Waals surface area contributed by atoms with Crippen LogP contribution in [0.4, 0.5) is 0 Å². The summed E-state index contributed by atoms with van der Waals surface area (Å²) in [6.45, 7) is 12.0. The molecule has 2 N–H and O–H groups in total. The molecule has 0 saturated carbocycles. The molecule has 96 valence electrons. The summed E-state index contributed by atoms with van der Waals surface area (Å²) in [6, 6.07) is 0.465. The number of hydrogen-bond acceptors (Lipinski definition) is 4. The molecule has 0 aliphatic carbocycles. The summed E-state index contributed by atoms with van der Waals surface area (Å²) in [5.41, 5.74) is 6.39. The predicted molar refractivity (Wildman–Crippen MR) is 71.5 cm³/mol. The molecular formula is C13H24N4. The molecule has 2 aliphatic heterocycles. The molecule has 0 aromatic rings. The SMILES string of the molecule is CC(C)(C)N1CCN(C2C=C=NCC2N)CC1. The zero-order chi connectivity index (χ0) is 12.5. The molecule has 0 bridgehead atoms. The Morgan fingerprint density at radius 3 is 2.41 bits per heavy atom. The minimum Gasteiger partial charge on any atom is -0.324 e. The fourth-order valence-electron chi connectivity index (χ4n) is 2.59. The topological polar surface area (TPSA) is 44.9 Å². The Morgan fingerprint density at radius 2 is 1.88 bits per heavy atom. The fourth-order valence-corrected chi connectivity index (χ4v) is 2.59. The lowest BCUT2D eigenvalue weighted by Gasteiger charge is -2.45. The smallest absolute Gasteiger partial charge is 0.0654 e. The number of nitrogens with zero attached hydrogens (tertiary/aromatic N) is 3. The maximum absolute atomic E-state index is 6.11. The highest BCUT2D eigenvalue weighted by Crippen LogP contribution is 2.18. The second-order valence-corrected chi connectivity index (χ2v) is 5.98. The van der Waals surface area contributed by atoms with E-state index >= 15 is 0 Å². The molecule has 17 heavy (non-hydrogen) atoms. The normalized spacial score (nSPS) is 32.0. The van der Waals surface area contributed by atoms with Crippen LogP contribution in [0.25, 0.3) is 0 Å². The maximum Gasteiger partial charge on any atom is 0.0654 e. The molecule has 1 saturated heterocycles. The van der Waals surface area contributed by atoms with Gasteiger partial charge in [0.25, 0.3) is 0 Å². The summed E-state index contributed by atoms with van der Waals surface area (Å²) in [7, 11) is 0. The van der Waals surface area contributed by atoms with Crippen molar-refractivity contribution in [2.45, 2.75) is 38.4 Å². The third-order valence-electron chi connectivity index (χ3n) is 3.76. The van der Waals surface area contributed by atoms with Crippen LogP contribution in [0.1, 0.15) is 20.8 Å². The molecule has 2 unspecified atom stereocenters. The van der Waals surface area contributed by atoms with Crippen molar-refractivity contribution in [2.24, 2.45) is 10.7 Å². The molecule has 2 heterocycles. The van der Waals surface area contributed by atoms with E-state index in [0.29, 0.717) is 12.6 Å². The van der Waals surface area contributed by atoms with Crippen LogP contribution in [0.5, 0.6) is 0 Å². The van der Waals surface area contributed by atoms with Crippen LogP contribution >= 0.6 is 0 Å². The Labute approximate surface area is 104 Å². The molecule has 0 aromatic carbocycles. The molecule has 0 amide bonds. The molecule has 1 fully saturated rings. The summed E-state index contributed by atoms with van der Waals surface area (Å²) < 4.78 is 0. The van der Waals surface area contributed by atoms with Crippen molar-refractivity contribution in [3.05, 3.63) is 6.08 Å². The first-order valence-corrected chi connectivity index (χ1v) is 6.48. The lowest BCUT2D eigenvalue weighted by molar-refractivity contribution is 0.0467. The zero-order valence-corrected chi connectivity index (χ0v) is 11.2. The second kappa shape index (κ2) is 4.91. The molecular weight excluding hydrogens is 212 g/mol. The van der Waals surface area contributed by atoms with Crippen molar-refractivity contribution >= 4 is 5.87 Å². The Bertz CT molecular complexity index is 317. The minimum absolute atomic E-state index is 0.137. The van der Waals surface area contributed by atoms with Gasteiger partial charge in [-0.1, -0.05) is 0 Å². The lowest BCUT2D eigenvalue weighted by Crippen LogP contribution is -2.59. The third kappa shape index (κ3) is 2.96. The predicted octanol–water partition coefficient (Wildman–Crippen LogP) is 0.338. The minimum atomic E-state index is 0.137. The number of hydrogen-bond donors (Lipinski definition) is 1. The van der Waals surface area contributed by atoms with E-state index in [4.69, 9.17) is 5.73 Å². The van der Waals surface area contributed by atoms with E-state index in [1.54, 1.807) is 0 Å². The van der Waals surface area contributed by atoms with Gasteiger partial charge in [0.2, 0.25) is 0 Å². The summed E-state index contributed by atoms with van der Waals surface area (Å²) in [5, 5.41) is 0. The van der Waals surface area contributed by atoms with Gasteiger partial charge in [0.1, 0.15) is 0 Å². The van der Waals surface area contributed by atoms with E-state index in [1.807, 2.05) is 6.08 Å². The van der Waals surface area contributed by atoms with Crippen LogP contribution < -0.4 is 5.73 Å². The van der Waals surface area contributed by atoms with Gasteiger partial charge in [0.05, 0.1) is 12.6 Å². The van der Waals surface area contributed by atoms with Crippen LogP contribution in [0.2, 0.25) is 0 Å². The van der Waals surface area contributed by atoms with E-state index in [0.717, 1.165) is 26.2 Å². The number of aliphatic imine (C=N–C) groups is 1. The highest BCUT2D eigenvalue weighted by molar-refractivity contribution is 5.54. The average Bonchev–Trinajstić information content (AvgIpc) is 2.29. The van der Waals surface area contributed by atoms with Crippen LogP contribution in [-0.2, 0) is 0 Å². The highest BCUT2D eigenvalue weighted by atomic mass is 15.3. The molecule has 0 aromatic heterocycles. The van der Waals surface area contributed by atoms with Crippen LogP contribution in [-0.4, -0.2) is 66.0 Å². The first-order chi connectivity index (χ1) is 7.98. The zero-order valence-electron chi connectivity index (χ0n) is 11.2. The summed E-state index contributed by atoms with van der Waals surface area (Å²) in [5.74, 6) is 2.97. The van der Waals surface area contributed by atoms with Crippen molar-refractivity contribution in [3.63, 3.8) is 0 Å². The van der Waals surface area contributed by atoms with E-state index in [9.17, 15) is 0 Å². The quantitative estimate of drug-likeness (QED) is 0.714. The van der Waals surface area contributed by atoms with E-state index in [-0.39, 0.29) is 11.6 Å². The van der Waals surface area contributed by atoms with Crippen LogP contribution in [0.15, 0.2) is 11.1 Å². The number of rotatable bonds is 1. The van der Waals surface area contributed by atoms with Crippen molar-refractivity contribution in [2.75, 3.05) is 32.7 Å². The molecule has 4 nitrogen and oxygen atoms in total. The number of nitrogens with two attached hydrogens (primary N) is 1. The molecule has 4 heteroatoms. The van der Waals surface area contributed by atoms with Crippen molar-refractivity contribution < 1.29 is 0 Å². The van der Waals surface area contributed by atoms with Crippen molar-refractivity contribution in [1.82, 2.24) is 9.80 Å². The van der Waals surface area contributed by atoms with Crippen molar-refractivity contribution in [1.29, 1.82) is 0 Å². The monoisotopic (exact) mass is 236 g/mol. The molecule has 2 atom stereocenters. The van der Waals surface area contributed by atoms with Gasteiger partial charge in [-0.15, -0.1) is 0 Å². The van der Waals surface area contributed by atoms with Gasteiger partial charge < -0.3 is 5.73 Å². The number of piperazine rings is 1. The Morgan fingerprint density at radius 1 is 1.24 bits per heavy atom. The summed E-state index contributed by atoms with van der Waals surface area (Å²) in [4.78, 5) is 9.09. The van der Waals surface area contributed by atoms with Gasteiger partial charge in [0.15, 0.2) is 0 Å². The average molecular weight is 236 g/mol. The highest BCUT2D eigenvalue weighted by Gasteiger charge is 2.30. The Hall–Kier alpha value is -0.670. The lowest BCUT2D eigenvalue weighted by atomic mass is 10.0. The molecule has 2 aliphatic rings. The first-order valence-electron chi connectivity index (χ1n) is 6.48. The van der Waals surface area contributed by atoms with Crippen LogP contribution in [0, 0.1) is 0 Å². The molecule has 0 radical (unpaired) electrons. The van der Waals surface area contributed by atoms with E-state index in [2.05, 4.69) is 41.4 Å².